The van der Waals surface area contributed by atoms with E-state index in [1.165, 1.54) is 30.4 Å². The topological polar surface area (TPSA) is 30.5 Å². The normalized spacial score (nSPS) is 20.2. The number of hydrogen-bond donors (Lipinski definition) is 1. The minimum absolute atomic E-state index is 0.415. The number of aryl methyl sites for hydroxylation is 1. The molecule has 0 saturated carbocycles. The SMILES string of the molecule is CCNC(Cc1cc(C)ccc1OC)CC1CCCCO1. The minimum Gasteiger partial charge on any atom is -0.496 e. The molecule has 1 heterocycles. The predicted octanol–water partition coefficient (Wildman–Crippen LogP) is 3.48. The lowest BCUT2D eigenvalue weighted by molar-refractivity contribution is 0.00532. The van der Waals surface area contributed by atoms with E-state index in [2.05, 4.69) is 37.4 Å². The van der Waals surface area contributed by atoms with Gasteiger partial charge < -0.3 is 14.8 Å². The van der Waals surface area contributed by atoms with Crippen molar-refractivity contribution in [2.24, 2.45) is 0 Å². The second-order valence-electron chi connectivity index (χ2n) is 6.00. The van der Waals surface area contributed by atoms with Gasteiger partial charge >= 0.3 is 0 Å². The lowest BCUT2D eigenvalue weighted by atomic mass is 9.95. The van der Waals surface area contributed by atoms with Crippen molar-refractivity contribution < 1.29 is 9.47 Å². The third kappa shape index (κ3) is 5.01. The number of likely N-dealkylation sites (N-methyl/N-ethyl adjacent to an activating group) is 1. The highest BCUT2D eigenvalue weighted by molar-refractivity contribution is 5.37. The standard InChI is InChI=1S/C18H29NO2/c1-4-19-16(13-17-7-5-6-10-21-17)12-15-11-14(2)8-9-18(15)20-3/h8-9,11,16-17,19H,4-7,10,12-13H2,1-3H3. The molecule has 2 unspecified atom stereocenters. The summed E-state index contributed by atoms with van der Waals surface area (Å²) in [6, 6.07) is 6.87. The zero-order valence-electron chi connectivity index (χ0n) is 13.7. The first-order chi connectivity index (χ1) is 10.2. The number of nitrogens with one attached hydrogen (secondary N) is 1. The third-order valence-electron chi connectivity index (χ3n) is 4.22. The van der Waals surface area contributed by atoms with Crippen molar-refractivity contribution in [2.45, 2.75) is 58.1 Å². The summed E-state index contributed by atoms with van der Waals surface area (Å²) in [5.74, 6) is 0.994. The average Bonchev–Trinajstić information content (AvgIpc) is 2.49. The van der Waals surface area contributed by atoms with Gasteiger partial charge in [0.25, 0.3) is 0 Å². The summed E-state index contributed by atoms with van der Waals surface area (Å²) < 4.78 is 11.4. The second-order valence-corrected chi connectivity index (χ2v) is 6.00. The molecule has 3 heteroatoms. The molecule has 2 rings (SSSR count). The summed E-state index contributed by atoms with van der Waals surface area (Å²) >= 11 is 0. The number of benzene rings is 1. The summed E-state index contributed by atoms with van der Waals surface area (Å²) in [6.07, 6.45) is 6.22. The molecule has 0 radical (unpaired) electrons. The van der Waals surface area contributed by atoms with Crippen molar-refractivity contribution in [3.8, 4) is 5.75 Å². The summed E-state index contributed by atoms with van der Waals surface area (Å²) in [6.45, 7) is 6.22. The van der Waals surface area contributed by atoms with E-state index in [9.17, 15) is 0 Å². The summed E-state index contributed by atoms with van der Waals surface area (Å²) in [5.41, 5.74) is 2.58. The first kappa shape index (κ1) is 16.3. The van der Waals surface area contributed by atoms with Gasteiger partial charge in [-0.25, -0.2) is 0 Å². The van der Waals surface area contributed by atoms with Crippen molar-refractivity contribution in [3.05, 3.63) is 29.3 Å². The lowest BCUT2D eigenvalue weighted by Gasteiger charge is -2.28. The Balaban J connectivity index is 2.02. The van der Waals surface area contributed by atoms with Crippen molar-refractivity contribution in [1.82, 2.24) is 5.32 Å². The van der Waals surface area contributed by atoms with Gasteiger partial charge in [-0.3, -0.25) is 0 Å². The van der Waals surface area contributed by atoms with Gasteiger partial charge in [-0.1, -0.05) is 24.6 Å². The molecule has 3 nitrogen and oxygen atoms in total. The van der Waals surface area contributed by atoms with E-state index >= 15 is 0 Å². The van der Waals surface area contributed by atoms with Crippen LogP contribution < -0.4 is 10.1 Å². The van der Waals surface area contributed by atoms with E-state index < -0.39 is 0 Å². The third-order valence-corrected chi connectivity index (χ3v) is 4.22. The first-order valence-corrected chi connectivity index (χ1v) is 8.21. The molecule has 0 aromatic heterocycles. The highest BCUT2D eigenvalue weighted by Gasteiger charge is 2.20. The Hall–Kier alpha value is -1.06. The fourth-order valence-electron chi connectivity index (χ4n) is 3.17. The molecule has 1 aliphatic rings. The largest absolute Gasteiger partial charge is 0.496 e. The zero-order chi connectivity index (χ0) is 15.1. The van der Waals surface area contributed by atoms with Crippen LogP contribution >= 0.6 is 0 Å². The fraction of sp³-hybridized carbons (Fsp3) is 0.667. The molecule has 0 bridgehead atoms. The molecule has 1 N–H and O–H groups in total. The Bertz CT molecular complexity index is 427. The Labute approximate surface area is 129 Å². The smallest absolute Gasteiger partial charge is 0.122 e. The van der Waals surface area contributed by atoms with Crippen LogP contribution in [0.1, 0.15) is 43.7 Å². The molecule has 0 amide bonds. The molecule has 1 aliphatic heterocycles. The molecule has 21 heavy (non-hydrogen) atoms. The maximum absolute atomic E-state index is 5.90. The Morgan fingerprint density at radius 2 is 2.24 bits per heavy atom. The van der Waals surface area contributed by atoms with Gasteiger partial charge in [0.2, 0.25) is 0 Å². The molecule has 1 aromatic rings. The van der Waals surface area contributed by atoms with E-state index in [1.54, 1.807) is 7.11 Å². The highest BCUT2D eigenvalue weighted by Crippen LogP contribution is 2.24. The lowest BCUT2D eigenvalue weighted by Crippen LogP contribution is -2.36. The molecule has 118 valence electrons. The quantitative estimate of drug-likeness (QED) is 0.834. The van der Waals surface area contributed by atoms with Crippen molar-refractivity contribution in [3.63, 3.8) is 0 Å². The highest BCUT2D eigenvalue weighted by atomic mass is 16.5. The van der Waals surface area contributed by atoms with Crippen molar-refractivity contribution >= 4 is 0 Å². The van der Waals surface area contributed by atoms with Gasteiger partial charge in [0.1, 0.15) is 5.75 Å². The first-order valence-electron chi connectivity index (χ1n) is 8.21. The van der Waals surface area contributed by atoms with Gasteiger partial charge in [0.05, 0.1) is 13.2 Å². The monoisotopic (exact) mass is 291 g/mol. The van der Waals surface area contributed by atoms with Crippen LogP contribution in [0.2, 0.25) is 0 Å². The van der Waals surface area contributed by atoms with Gasteiger partial charge in [0.15, 0.2) is 0 Å². The number of rotatable bonds is 7. The Kier molecular flexibility index (Phi) is 6.52. The molecular formula is C18H29NO2. The van der Waals surface area contributed by atoms with E-state index in [1.807, 2.05) is 0 Å². The van der Waals surface area contributed by atoms with Gasteiger partial charge in [-0.05, 0) is 57.2 Å². The van der Waals surface area contributed by atoms with Crippen LogP contribution in [0.5, 0.6) is 5.75 Å². The van der Waals surface area contributed by atoms with Crippen LogP contribution in [-0.4, -0.2) is 32.4 Å². The molecule has 1 aromatic carbocycles. The summed E-state index contributed by atoms with van der Waals surface area (Å²) in [4.78, 5) is 0. The molecular weight excluding hydrogens is 262 g/mol. The van der Waals surface area contributed by atoms with Crippen LogP contribution in [0.15, 0.2) is 18.2 Å². The number of methoxy groups -OCH3 is 1. The van der Waals surface area contributed by atoms with Crippen molar-refractivity contribution in [2.75, 3.05) is 20.3 Å². The van der Waals surface area contributed by atoms with Crippen LogP contribution in [0.4, 0.5) is 0 Å². The number of hydrogen-bond acceptors (Lipinski definition) is 3. The second kappa shape index (κ2) is 8.40. The molecule has 1 fully saturated rings. The van der Waals surface area contributed by atoms with Crippen LogP contribution in [0.3, 0.4) is 0 Å². The molecule has 1 saturated heterocycles. The molecule has 2 atom stereocenters. The maximum atomic E-state index is 5.90. The molecule has 0 aliphatic carbocycles. The van der Waals surface area contributed by atoms with Crippen LogP contribution in [0.25, 0.3) is 0 Å². The van der Waals surface area contributed by atoms with Gasteiger partial charge in [0, 0.05) is 12.6 Å². The van der Waals surface area contributed by atoms with E-state index in [0.29, 0.717) is 12.1 Å². The zero-order valence-corrected chi connectivity index (χ0v) is 13.7. The Morgan fingerprint density at radius 3 is 2.90 bits per heavy atom. The van der Waals surface area contributed by atoms with E-state index in [0.717, 1.165) is 31.7 Å². The van der Waals surface area contributed by atoms with Gasteiger partial charge in [-0.15, -0.1) is 0 Å². The van der Waals surface area contributed by atoms with Crippen molar-refractivity contribution in [1.29, 1.82) is 0 Å². The van der Waals surface area contributed by atoms with E-state index in [-0.39, 0.29) is 0 Å². The fourth-order valence-corrected chi connectivity index (χ4v) is 3.17. The minimum atomic E-state index is 0.415. The van der Waals surface area contributed by atoms with Crippen LogP contribution in [0, 0.1) is 6.92 Å². The van der Waals surface area contributed by atoms with E-state index in [4.69, 9.17) is 9.47 Å². The molecule has 0 spiro atoms. The average molecular weight is 291 g/mol. The summed E-state index contributed by atoms with van der Waals surface area (Å²) in [7, 11) is 1.75. The maximum Gasteiger partial charge on any atom is 0.122 e. The van der Waals surface area contributed by atoms with Gasteiger partial charge in [-0.2, -0.15) is 0 Å². The Morgan fingerprint density at radius 1 is 1.38 bits per heavy atom. The predicted molar refractivity (Wildman–Crippen MR) is 87.1 cm³/mol. The number of ether oxygens (including phenoxy) is 2. The van der Waals surface area contributed by atoms with Crippen LogP contribution in [-0.2, 0) is 11.2 Å². The summed E-state index contributed by atoms with van der Waals surface area (Å²) in [5, 5.41) is 3.61.